The lowest BCUT2D eigenvalue weighted by atomic mass is 9.48. The summed E-state index contributed by atoms with van der Waals surface area (Å²) < 4.78 is 6.17. The molecular formula is C45H37N3O. The standard InChI is InChI=1S/C45H37N3O/c1-3-9-32(10-4-1)40-24-41(48-44(47-40)33-11-5-2-6-12-33)36-15-7-13-34(22-36)38-17-18-39(43-42(38)46-28-49-43)35-14-8-16-37(23-35)45-25-29-19-30(26-45)21-31(20-29)27-45/h1-18,22-24,28-31H,19-21,25-27H2. The molecule has 238 valence electrons. The maximum Gasteiger partial charge on any atom is 0.182 e. The number of rotatable bonds is 6. The molecule has 4 nitrogen and oxygen atoms in total. The van der Waals surface area contributed by atoms with E-state index in [2.05, 4.69) is 91.0 Å². The molecule has 0 saturated heterocycles. The van der Waals surface area contributed by atoms with Gasteiger partial charge >= 0.3 is 0 Å². The summed E-state index contributed by atoms with van der Waals surface area (Å²) in [6, 6.07) is 45.0. The van der Waals surface area contributed by atoms with Gasteiger partial charge in [-0.1, -0.05) is 109 Å². The Bertz CT molecular complexity index is 2230. The molecule has 2 heterocycles. The Morgan fingerprint density at radius 1 is 0.510 bits per heavy atom. The number of aromatic nitrogens is 3. The zero-order chi connectivity index (χ0) is 32.4. The first-order chi connectivity index (χ1) is 24.2. The zero-order valence-electron chi connectivity index (χ0n) is 27.4. The van der Waals surface area contributed by atoms with Gasteiger partial charge in [-0.15, -0.1) is 0 Å². The van der Waals surface area contributed by atoms with Gasteiger partial charge in [0.25, 0.3) is 0 Å². The monoisotopic (exact) mass is 635 g/mol. The number of nitrogens with zero attached hydrogens (tertiary/aromatic N) is 3. The van der Waals surface area contributed by atoms with Gasteiger partial charge in [0.15, 0.2) is 17.8 Å². The highest BCUT2D eigenvalue weighted by molar-refractivity contribution is 6.00. The van der Waals surface area contributed by atoms with Crippen LogP contribution in [-0.2, 0) is 5.41 Å². The van der Waals surface area contributed by atoms with E-state index < -0.39 is 0 Å². The largest absolute Gasteiger partial charge is 0.443 e. The summed E-state index contributed by atoms with van der Waals surface area (Å²) in [5, 5.41) is 0. The van der Waals surface area contributed by atoms with Gasteiger partial charge in [0.1, 0.15) is 5.52 Å². The minimum absolute atomic E-state index is 0.355. The third kappa shape index (κ3) is 5.01. The summed E-state index contributed by atoms with van der Waals surface area (Å²) >= 11 is 0. The van der Waals surface area contributed by atoms with E-state index >= 15 is 0 Å². The van der Waals surface area contributed by atoms with E-state index in [1.807, 2.05) is 36.4 Å². The van der Waals surface area contributed by atoms with E-state index in [0.717, 1.165) is 73.6 Å². The normalized spacial score (nSPS) is 22.5. The van der Waals surface area contributed by atoms with E-state index in [0.29, 0.717) is 11.2 Å². The van der Waals surface area contributed by atoms with Crippen molar-refractivity contribution in [2.45, 2.75) is 43.9 Å². The van der Waals surface area contributed by atoms with Gasteiger partial charge in [0.2, 0.25) is 0 Å². The maximum atomic E-state index is 6.17. The lowest BCUT2D eigenvalue weighted by Crippen LogP contribution is -2.48. The fourth-order valence-corrected chi connectivity index (χ4v) is 9.81. The van der Waals surface area contributed by atoms with Crippen molar-refractivity contribution in [3.8, 4) is 56.2 Å². The second kappa shape index (κ2) is 11.4. The Labute approximate surface area is 286 Å². The molecule has 7 aromatic rings. The molecule has 4 aliphatic rings. The Morgan fingerprint density at radius 2 is 1.08 bits per heavy atom. The molecule has 0 amide bonds. The van der Waals surface area contributed by atoms with Crippen molar-refractivity contribution in [2.24, 2.45) is 17.8 Å². The van der Waals surface area contributed by atoms with Crippen LogP contribution >= 0.6 is 0 Å². The summed E-state index contributed by atoms with van der Waals surface area (Å²) in [7, 11) is 0. The first kappa shape index (κ1) is 28.6. The molecule has 0 N–H and O–H groups in total. The van der Waals surface area contributed by atoms with Crippen molar-refractivity contribution < 1.29 is 4.42 Å². The van der Waals surface area contributed by atoms with Crippen LogP contribution in [0.2, 0.25) is 0 Å². The molecule has 4 heteroatoms. The van der Waals surface area contributed by atoms with Crippen molar-refractivity contribution in [3.63, 3.8) is 0 Å². The average Bonchev–Trinajstić information content (AvgIpc) is 3.65. The van der Waals surface area contributed by atoms with Crippen LogP contribution in [0.25, 0.3) is 67.3 Å². The van der Waals surface area contributed by atoms with Gasteiger partial charge in [0.05, 0.1) is 11.4 Å². The molecule has 4 bridgehead atoms. The van der Waals surface area contributed by atoms with Crippen LogP contribution in [0.3, 0.4) is 0 Å². The molecule has 4 saturated carbocycles. The first-order valence-corrected chi connectivity index (χ1v) is 17.8. The number of benzene rings is 5. The van der Waals surface area contributed by atoms with Crippen LogP contribution in [0.4, 0.5) is 0 Å². The van der Waals surface area contributed by atoms with Crippen LogP contribution in [0, 0.1) is 17.8 Å². The van der Waals surface area contributed by atoms with Crippen LogP contribution in [0.15, 0.2) is 138 Å². The summed E-state index contributed by atoms with van der Waals surface area (Å²) in [4.78, 5) is 14.8. The lowest BCUT2D eigenvalue weighted by Gasteiger charge is -2.57. The van der Waals surface area contributed by atoms with E-state index in [-0.39, 0.29) is 0 Å². The Hall–Kier alpha value is -5.35. The molecular weight excluding hydrogens is 599 g/mol. The highest BCUT2D eigenvalue weighted by Crippen LogP contribution is 2.61. The summed E-state index contributed by atoms with van der Waals surface area (Å²) in [6.07, 6.45) is 10.1. The van der Waals surface area contributed by atoms with Crippen molar-refractivity contribution in [2.75, 3.05) is 0 Å². The van der Waals surface area contributed by atoms with Crippen LogP contribution < -0.4 is 0 Å². The molecule has 0 spiro atoms. The van der Waals surface area contributed by atoms with Gasteiger partial charge in [-0.2, -0.15) is 0 Å². The van der Waals surface area contributed by atoms with Crippen molar-refractivity contribution in [1.82, 2.24) is 15.0 Å². The van der Waals surface area contributed by atoms with Gasteiger partial charge in [0, 0.05) is 27.8 Å². The smallest absolute Gasteiger partial charge is 0.182 e. The first-order valence-electron chi connectivity index (χ1n) is 17.8. The van der Waals surface area contributed by atoms with Gasteiger partial charge in [-0.3, -0.25) is 0 Å². The molecule has 0 radical (unpaired) electrons. The third-order valence-electron chi connectivity index (χ3n) is 11.6. The second-order valence-corrected chi connectivity index (χ2v) is 14.7. The molecule has 49 heavy (non-hydrogen) atoms. The van der Waals surface area contributed by atoms with Gasteiger partial charge < -0.3 is 4.42 Å². The third-order valence-corrected chi connectivity index (χ3v) is 11.6. The molecule has 0 atom stereocenters. The summed E-state index contributed by atoms with van der Waals surface area (Å²) in [6.45, 7) is 0. The lowest BCUT2D eigenvalue weighted by molar-refractivity contribution is -0.00516. The van der Waals surface area contributed by atoms with E-state index in [9.17, 15) is 0 Å². The number of oxazole rings is 1. The Kier molecular flexibility index (Phi) is 6.65. The predicted octanol–water partition coefficient (Wildman–Crippen LogP) is 11.4. The topological polar surface area (TPSA) is 51.8 Å². The van der Waals surface area contributed by atoms with Gasteiger partial charge in [-0.25, -0.2) is 15.0 Å². The van der Waals surface area contributed by atoms with Crippen molar-refractivity contribution in [3.05, 3.63) is 139 Å². The number of hydrogen-bond acceptors (Lipinski definition) is 4. The van der Waals surface area contributed by atoms with E-state index in [1.54, 1.807) is 6.39 Å². The maximum absolute atomic E-state index is 6.17. The Morgan fingerprint density at radius 3 is 1.80 bits per heavy atom. The number of hydrogen-bond donors (Lipinski definition) is 0. The highest BCUT2D eigenvalue weighted by Gasteiger charge is 2.51. The molecule has 11 rings (SSSR count). The van der Waals surface area contributed by atoms with E-state index in [4.69, 9.17) is 19.4 Å². The Balaban J connectivity index is 1.03. The molecule has 2 aromatic heterocycles. The van der Waals surface area contributed by atoms with Gasteiger partial charge in [-0.05, 0) is 96.6 Å². The van der Waals surface area contributed by atoms with Crippen molar-refractivity contribution >= 4 is 11.1 Å². The van der Waals surface area contributed by atoms with Crippen LogP contribution in [0.5, 0.6) is 0 Å². The summed E-state index contributed by atoms with van der Waals surface area (Å²) in [5.74, 6) is 3.47. The van der Waals surface area contributed by atoms with Crippen molar-refractivity contribution in [1.29, 1.82) is 0 Å². The molecule has 0 unspecified atom stereocenters. The SMILES string of the molecule is c1ccc(-c2cc(-c3cccc(-c4ccc(-c5cccc(C67CC8CC(CC(C8)C6)C7)c5)c5ocnc45)c3)nc(-c3ccccc3)n2)cc1. The average molecular weight is 636 g/mol. The minimum Gasteiger partial charge on any atom is -0.443 e. The second-order valence-electron chi connectivity index (χ2n) is 14.7. The molecule has 4 fully saturated rings. The number of fused-ring (bicyclic) bond motifs is 1. The van der Waals surface area contributed by atoms with Crippen LogP contribution in [-0.4, -0.2) is 15.0 Å². The predicted molar refractivity (Wildman–Crippen MR) is 197 cm³/mol. The molecule has 4 aliphatic carbocycles. The van der Waals surface area contributed by atoms with Crippen LogP contribution in [0.1, 0.15) is 44.1 Å². The molecule has 5 aromatic carbocycles. The molecule has 0 aliphatic heterocycles. The summed E-state index contributed by atoms with van der Waals surface area (Å²) in [5.41, 5.74) is 12.9. The minimum atomic E-state index is 0.355. The fraction of sp³-hybridized carbons (Fsp3) is 0.222. The highest BCUT2D eigenvalue weighted by atomic mass is 16.3. The fourth-order valence-electron chi connectivity index (χ4n) is 9.81. The zero-order valence-corrected chi connectivity index (χ0v) is 27.4. The van der Waals surface area contributed by atoms with E-state index in [1.165, 1.54) is 49.7 Å². The quantitative estimate of drug-likeness (QED) is 0.182.